The number of fused-ring (bicyclic) bond motifs is 1. The van der Waals surface area contributed by atoms with Crippen molar-refractivity contribution in [3.8, 4) is 6.07 Å². The van der Waals surface area contributed by atoms with Gasteiger partial charge in [-0.15, -0.1) is 0 Å². The zero-order valence-electron chi connectivity index (χ0n) is 12.7. The first-order chi connectivity index (χ1) is 11.0. The monoisotopic (exact) mass is 309 g/mol. The van der Waals surface area contributed by atoms with Crippen LogP contribution >= 0.6 is 0 Å². The van der Waals surface area contributed by atoms with Crippen LogP contribution in [0.5, 0.6) is 0 Å². The van der Waals surface area contributed by atoms with Gasteiger partial charge in [0, 0.05) is 18.9 Å². The Kier molecular flexibility index (Phi) is 3.60. The van der Waals surface area contributed by atoms with Gasteiger partial charge in [-0.25, -0.2) is 4.98 Å². The van der Waals surface area contributed by atoms with Crippen molar-refractivity contribution < 1.29 is 9.90 Å². The number of H-pyrrole nitrogens is 1. The number of aromatic amines is 1. The molecule has 3 aromatic rings. The molecular formula is C16H15N5O2. The molecule has 0 saturated carbocycles. The van der Waals surface area contributed by atoms with Crippen LogP contribution in [0.15, 0.2) is 30.5 Å². The second kappa shape index (κ2) is 5.59. The number of aliphatic hydroxyl groups is 1. The number of nitrogens with zero attached hydrogens (tertiary/aromatic N) is 3. The third kappa shape index (κ3) is 2.80. The lowest BCUT2D eigenvalue weighted by atomic mass is 10.2. The van der Waals surface area contributed by atoms with Gasteiger partial charge in [0.2, 0.25) is 0 Å². The molecule has 7 heteroatoms. The molecule has 0 fully saturated rings. The summed E-state index contributed by atoms with van der Waals surface area (Å²) in [6, 6.07) is 8.79. The molecule has 0 aliphatic rings. The summed E-state index contributed by atoms with van der Waals surface area (Å²) >= 11 is 0. The summed E-state index contributed by atoms with van der Waals surface area (Å²) in [7, 11) is 1.71. The Morgan fingerprint density at radius 1 is 1.48 bits per heavy atom. The molecule has 0 aliphatic heterocycles. The highest BCUT2D eigenvalue weighted by Crippen LogP contribution is 2.20. The summed E-state index contributed by atoms with van der Waals surface area (Å²) < 4.78 is 1.61. The predicted octanol–water partition coefficient (Wildman–Crippen LogP) is 2.08. The lowest BCUT2D eigenvalue weighted by Crippen LogP contribution is -2.15. The number of nitrogens with one attached hydrogen (secondary N) is 2. The number of aliphatic hydroxyl groups excluding tert-OH is 1. The van der Waals surface area contributed by atoms with Crippen molar-refractivity contribution in [1.82, 2.24) is 14.5 Å². The summed E-state index contributed by atoms with van der Waals surface area (Å²) in [5.74, 6) is 0.174. The van der Waals surface area contributed by atoms with E-state index in [2.05, 4.69) is 15.3 Å². The van der Waals surface area contributed by atoms with Gasteiger partial charge in [0.25, 0.3) is 5.91 Å². The molecule has 0 spiro atoms. The van der Waals surface area contributed by atoms with E-state index < -0.39 is 6.10 Å². The van der Waals surface area contributed by atoms with Gasteiger partial charge in [0.1, 0.15) is 23.7 Å². The van der Waals surface area contributed by atoms with Crippen molar-refractivity contribution in [2.45, 2.75) is 13.0 Å². The summed E-state index contributed by atoms with van der Waals surface area (Å²) in [5.41, 5.74) is 2.87. The smallest absolute Gasteiger partial charge is 0.272 e. The fourth-order valence-corrected chi connectivity index (χ4v) is 2.35. The molecular weight excluding hydrogens is 294 g/mol. The molecule has 0 radical (unpaired) electrons. The Morgan fingerprint density at radius 3 is 2.91 bits per heavy atom. The third-order valence-corrected chi connectivity index (χ3v) is 3.52. The van der Waals surface area contributed by atoms with Gasteiger partial charge in [-0.3, -0.25) is 4.79 Å². The number of rotatable bonds is 3. The maximum atomic E-state index is 12.3. The minimum absolute atomic E-state index is 0.302. The number of carbonyl (C=O) groups excluding carboxylic acids is 1. The van der Waals surface area contributed by atoms with Gasteiger partial charge in [-0.2, -0.15) is 5.26 Å². The number of anilines is 1. The molecule has 7 nitrogen and oxygen atoms in total. The van der Waals surface area contributed by atoms with Crippen LogP contribution in [0.2, 0.25) is 0 Å². The first kappa shape index (κ1) is 14.8. The molecule has 0 aliphatic carbocycles. The zero-order chi connectivity index (χ0) is 16.6. The van der Waals surface area contributed by atoms with Crippen LogP contribution in [-0.4, -0.2) is 25.5 Å². The van der Waals surface area contributed by atoms with E-state index in [4.69, 9.17) is 5.26 Å². The van der Waals surface area contributed by atoms with Crippen molar-refractivity contribution >= 4 is 22.6 Å². The first-order valence-electron chi connectivity index (χ1n) is 7.03. The summed E-state index contributed by atoms with van der Waals surface area (Å²) in [4.78, 5) is 19.6. The zero-order valence-corrected chi connectivity index (χ0v) is 12.7. The molecule has 1 atom stereocenters. The molecule has 1 amide bonds. The van der Waals surface area contributed by atoms with Crippen LogP contribution in [0.3, 0.4) is 0 Å². The van der Waals surface area contributed by atoms with E-state index in [1.807, 2.05) is 6.07 Å². The highest BCUT2D eigenvalue weighted by Gasteiger charge is 2.13. The van der Waals surface area contributed by atoms with Gasteiger partial charge in [0.15, 0.2) is 0 Å². The fourth-order valence-electron chi connectivity index (χ4n) is 2.35. The Hall–Kier alpha value is -3.11. The van der Waals surface area contributed by atoms with Crippen LogP contribution < -0.4 is 5.32 Å². The average Bonchev–Trinajstić information content (AvgIpc) is 3.10. The minimum Gasteiger partial charge on any atom is -0.385 e. The van der Waals surface area contributed by atoms with E-state index in [-0.39, 0.29) is 5.91 Å². The second-order valence-corrected chi connectivity index (χ2v) is 5.32. The number of hydrogen-bond acceptors (Lipinski definition) is 4. The number of nitriles is 1. The number of carbonyl (C=O) groups is 1. The maximum absolute atomic E-state index is 12.3. The minimum atomic E-state index is -0.687. The van der Waals surface area contributed by atoms with Crippen LogP contribution in [-0.2, 0) is 7.05 Å². The lowest BCUT2D eigenvalue weighted by Gasteiger charge is -2.05. The van der Waals surface area contributed by atoms with Crippen LogP contribution in [0, 0.1) is 11.3 Å². The quantitative estimate of drug-likeness (QED) is 0.688. The number of aryl methyl sites for hydroxylation is 1. The molecule has 3 rings (SSSR count). The SMILES string of the molecule is C[C@H](O)c1nc2ccc(NC(=O)c3cc(C#N)cn3C)cc2[nH]1. The predicted molar refractivity (Wildman–Crippen MR) is 84.8 cm³/mol. The number of imidazole rings is 1. The number of amides is 1. The van der Waals surface area contributed by atoms with Gasteiger partial charge in [0.05, 0.1) is 16.6 Å². The van der Waals surface area contributed by atoms with E-state index in [0.29, 0.717) is 28.3 Å². The first-order valence-corrected chi connectivity index (χ1v) is 7.03. The molecule has 0 unspecified atom stereocenters. The Balaban J connectivity index is 1.87. The molecule has 0 saturated heterocycles. The number of benzene rings is 1. The molecule has 3 N–H and O–H groups in total. The number of hydrogen-bond donors (Lipinski definition) is 3. The summed E-state index contributed by atoms with van der Waals surface area (Å²) in [6.45, 7) is 1.63. The summed E-state index contributed by atoms with van der Waals surface area (Å²) in [6.07, 6.45) is 0.912. The molecule has 116 valence electrons. The van der Waals surface area contributed by atoms with E-state index in [1.54, 1.807) is 42.9 Å². The molecule has 0 bridgehead atoms. The third-order valence-electron chi connectivity index (χ3n) is 3.52. The number of aromatic nitrogens is 3. The van der Waals surface area contributed by atoms with Crippen molar-refractivity contribution in [2.24, 2.45) is 7.05 Å². The van der Waals surface area contributed by atoms with Crippen molar-refractivity contribution in [1.29, 1.82) is 5.26 Å². The topological polar surface area (TPSA) is 107 Å². The molecule has 1 aromatic carbocycles. The fraction of sp³-hybridized carbons (Fsp3) is 0.188. The van der Waals surface area contributed by atoms with Crippen LogP contribution in [0.4, 0.5) is 5.69 Å². The Morgan fingerprint density at radius 2 is 2.26 bits per heavy atom. The van der Waals surface area contributed by atoms with Gasteiger partial charge >= 0.3 is 0 Å². The largest absolute Gasteiger partial charge is 0.385 e. The molecule has 23 heavy (non-hydrogen) atoms. The van der Waals surface area contributed by atoms with Gasteiger partial charge < -0.3 is 20.0 Å². The lowest BCUT2D eigenvalue weighted by molar-refractivity contribution is 0.101. The maximum Gasteiger partial charge on any atom is 0.272 e. The van der Waals surface area contributed by atoms with Crippen LogP contribution in [0.25, 0.3) is 11.0 Å². The standard InChI is InChI=1S/C16H15N5O2/c1-9(22)15-19-12-4-3-11(6-13(12)20-15)18-16(23)14-5-10(7-17)8-21(14)2/h3-6,8-9,22H,1-2H3,(H,18,23)(H,19,20)/t9-/m0/s1. The van der Waals surface area contributed by atoms with Crippen molar-refractivity contribution in [2.75, 3.05) is 5.32 Å². The van der Waals surface area contributed by atoms with E-state index in [0.717, 1.165) is 5.52 Å². The highest BCUT2D eigenvalue weighted by atomic mass is 16.3. The normalized spacial score (nSPS) is 12.1. The Bertz CT molecular complexity index is 930. The average molecular weight is 309 g/mol. The van der Waals surface area contributed by atoms with Crippen molar-refractivity contribution in [3.05, 3.63) is 47.5 Å². The van der Waals surface area contributed by atoms with Crippen LogP contribution in [0.1, 0.15) is 34.9 Å². The van der Waals surface area contributed by atoms with Crippen molar-refractivity contribution in [3.63, 3.8) is 0 Å². The molecule has 2 heterocycles. The van der Waals surface area contributed by atoms with E-state index >= 15 is 0 Å². The van der Waals surface area contributed by atoms with Gasteiger partial charge in [-0.1, -0.05) is 0 Å². The van der Waals surface area contributed by atoms with Gasteiger partial charge in [-0.05, 0) is 31.2 Å². The second-order valence-electron chi connectivity index (χ2n) is 5.32. The highest BCUT2D eigenvalue weighted by molar-refractivity contribution is 6.04. The van der Waals surface area contributed by atoms with E-state index in [1.165, 1.54) is 6.07 Å². The van der Waals surface area contributed by atoms with E-state index in [9.17, 15) is 9.90 Å². The Labute approximate surface area is 132 Å². The summed E-state index contributed by atoms with van der Waals surface area (Å²) in [5, 5.41) is 21.2. The molecule has 2 aromatic heterocycles.